The summed E-state index contributed by atoms with van der Waals surface area (Å²) in [4.78, 5) is 50.2. The van der Waals surface area contributed by atoms with Crippen LogP contribution in [-0.2, 0) is 25.7 Å². The van der Waals surface area contributed by atoms with E-state index in [1.807, 2.05) is 13.8 Å². The van der Waals surface area contributed by atoms with Gasteiger partial charge in [-0.15, -0.1) is 24.2 Å². The highest BCUT2D eigenvalue weighted by molar-refractivity contribution is 8.01. The Morgan fingerprint density at radius 3 is 2.42 bits per heavy atom. The van der Waals surface area contributed by atoms with E-state index in [0.717, 1.165) is 0 Å². The average molecular weight is 537 g/mol. The second-order valence-corrected chi connectivity index (χ2v) is 10.6. The smallest absolute Gasteiger partial charge is 0.330 e. The lowest BCUT2D eigenvalue weighted by atomic mass is 9.95. The lowest BCUT2D eigenvalue weighted by Crippen LogP contribution is -2.71. The molecular weight excluding hydrogens is 512 g/mol. The SMILES string of the molecule is CC1(C)S[C@@H]2C(NC(=O)C(N)c3ccc(O)cc3)C(=O)N2[C@H]1C(=O)OCc1ccc([N+](=O)[O-])cc1.Cl. The molecule has 0 aliphatic carbocycles. The predicted octanol–water partition coefficient (Wildman–Crippen LogP) is 2.01. The standard InChI is InChI=1S/C23H24N4O7S.ClH/c1-23(2)18(22(31)34-11-12-3-7-14(8-4-12)27(32)33)26-20(30)17(21(26)35-23)25-19(29)16(24)13-5-9-15(28)10-6-13;/h3-10,16-18,21,28H,11,24H2,1-2H3,(H,25,29);1H/t16?,17?,18-,21+;/m0./s1. The molecule has 0 radical (unpaired) electrons. The normalized spacial score (nSPS) is 22.5. The zero-order valence-electron chi connectivity index (χ0n) is 19.3. The number of phenolic OH excluding ortho intramolecular Hbond substituents is 1. The number of nitrogens with one attached hydrogen (secondary N) is 1. The molecule has 2 heterocycles. The number of aromatic hydroxyl groups is 1. The van der Waals surface area contributed by atoms with Crippen LogP contribution in [0.2, 0.25) is 0 Å². The molecule has 2 aliphatic heterocycles. The Bertz CT molecular complexity index is 1180. The highest BCUT2D eigenvalue weighted by Gasteiger charge is 2.64. The van der Waals surface area contributed by atoms with Gasteiger partial charge < -0.3 is 25.8 Å². The minimum absolute atomic E-state index is 0. The molecule has 2 aliphatic rings. The van der Waals surface area contributed by atoms with Crippen LogP contribution in [-0.4, -0.2) is 54.9 Å². The first kappa shape index (κ1) is 27.2. The maximum absolute atomic E-state index is 12.9. The molecule has 0 aromatic heterocycles. The van der Waals surface area contributed by atoms with Crippen LogP contribution in [0.25, 0.3) is 0 Å². The minimum Gasteiger partial charge on any atom is -0.508 e. The van der Waals surface area contributed by atoms with Crippen LogP contribution >= 0.6 is 24.2 Å². The summed E-state index contributed by atoms with van der Waals surface area (Å²) in [7, 11) is 0. The molecule has 192 valence electrons. The molecule has 36 heavy (non-hydrogen) atoms. The molecule has 0 spiro atoms. The third-order valence-electron chi connectivity index (χ3n) is 6.02. The number of nitro benzene ring substituents is 1. The zero-order chi connectivity index (χ0) is 25.5. The van der Waals surface area contributed by atoms with Gasteiger partial charge in [-0.3, -0.25) is 19.7 Å². The van der Waals surface area contributed by atoms with Crippen LogP contribution in [0.5, 0.6) is 5.75 Å². The van der Waals surface area contributed by atoms with Gasteiger partial charge in [0.05, 0.1) is 4.92 Å². The van der Waals surface area contributed by atoms with E-state index in [0.29, 0.717) is 11.1 Å². The number of nitro groups is 1. The zero-order valence-corrected chi connectivity index (χ0v) is 21.0. The first-order chi connectivity index (χ1) is 16.5. The van der Waals surface area contributed by atoms with Crippen LogP contribution in [0.1, 0.15) is 31.0 Å². The number of rotatable bonds is 7. The topological polar surface area (TPSA) is 165 Å². The van der Waals surface area contributed by atoms with Crippen LogP contribution in [0.4, 0.5) is 5.69 Å². The summed E-state index contributed by atoms with van der Waals surface area (Å²) in [5.41, 5.74) is 7.00. The second-order valence-electron chi connectivity index (χ2n) is 8.85. The summed E-state index contributed by atoms with van der Waals surface area (Å²) in [6.45, 7) is 3.55. The molecule has 4 rings (SSSR count). The van der Waals surface area contributed by atoms with Gasteiger partial charge in [0.15, 0.2) is 0 Å². The Balaban J connectivity index is 0.00000361. The van der Waals surface area contributed by atoms with E-state index in [1.54, 1.807) is 0 Å². The number of nitrogens with zero attached hydrogens (tertiary/aromatic N) is 2. The molecule has 4 atom stereocenters. The number of non-ortho nitro benzene ring substituents is 1. The van der Waals surface area contributed by atoms with E-state index < -0.39 is 51.0 Å². The molecule has 13 heteroatoms. The average Bonchev–Trinajstić information content (AvgIpc) is 3.08. The Hall–Kier alpha value is -3.35. The number of amides is 2. The number of esters is 1. The van der Waals surface area contributed by atoms with E-state index in [2.05, 4.69) is 5.32 Å². The van der Waals surface area contributed by atoms with Gasteiger partial charge in [0.2, 0.25) is 11.8 Å². The number of benzene rings is 2. The largest absolute Gasteiger partial charge is 0.508 e. The maximum Gasteiger partial charge on any atom is 0.330 e. The highest BCUT2D eigenvalue weighted by atomic mass is 35.5. The van der Waals surface area contributed by atoms with Crippen molar-refractivity contribution in [2.45, 2.75) is 48.7 Å². The molecule has 2 aromatic rings. The maximum atomic E-state index is 12.9. The van der Waals surface area contributed by atoms with Crippen molar-refractivity contribution < 1.29 is 29.2 Å². The van der Waals surface area contributed by atoms with E-state index in [1.165, 1.54) is 65.2 Å². The fourth-order valence-electron chi connectivity index (χ4n) is 4.15. The molecule has 2 aromatic carbocycles. The predicted molar refractivity (Wildman–Crippen MR) is 133 cm³/mol. The Labute approximate surface area is 216 Å². The summed E-state index contributed by atoms with van der Waals surface area (Å²) in [6.07, 6.45) is 0. The summed E-state index contributed by atoms with van der Waals surface area (Å²) in [6, 6.07) is 8.82. The van der Waals surface area contributed by atoms with Gasteiger partial charge in [-0.05, 0) is 49.2 Å². The number of ether oxygens (including phenoxy) is 1. The van der Waals surface area contributed by atoms with Crippen molar-refractivity contribution in [2.24, 2.45) is 5.73 Å². The number of phenols is 1. The number of hydrogen-bond donors (Lipinski definition) is 3. The number of carbonyl (C=O) groups excluding carboxylic acids is 3. The van der Waals surface area contributed by atoms with Gasteiger partial charge in [0, 0.05) is 16.9 Å². The van der Waals surface area contributed by atoms with Gasteiger partial charge in [0.25, 0.3) is 5.69 Å². The third kappa shape index (κ3) is 5.11. The monoisotopic (exact) mass is 536 g/mol. The van der Waals surface area contributed by atoms with Crippen molar-refractivity contribution in [1.82, 2.24) is 10.2 Å². The van der Waals surface area contributed by atoms with Crippen molar-refractivity contribution in [3.05, 3.63) is 69.8 Å². The van der Waals surface area contributed by atoms with Crippen molar-refractivity contribution in [1.29, 1.82) is 0 Å². The van der Waals surface area contributed by atoms with Crippen LogP contribution in [0.3, 0.4) is 0 Å². The van der Waals surface area contributed by atoms with Crippen LogP contribution in [0.15, 0.2) is 48.5 Å². The van der Waals surface area contributed by atoms with Crippen molar-refractivity contribution in [2.75, 3.05) is 0 Å². The van der Waals surface area contributed by atoms with Crippen molar-refractivity contribution in [3.8, 4) is 5.75 Å². The van der Waals surface area contributed by atoms with Gasteiger partial charge in [-0.1, -0.05) is 12.1 Å². The van der Waals surface area contributed by atoms with Crippen molar-refractivity contribution >= 4 is 47.6 Å². The number of hydrogen-bond acceptors (Lipinski definition) is 9. The second kappa shape index (κ2) is 10.3. The van der Waals surface area contributed by atoms with E-state index >= 15 is 0 Å². The Morgan fingerprint density at radius 1 is 1.22 bits per heavy atom. The molecule has 11 nitrogen and oxygen atoms in total. The summed E-state index contributed by atoms with van der Waals surface area (Å²) < 4.78 is 4.75. The Kier molecular flexibility index (Phi) is 7.82. The number of carbonyl (C=O) groups is 3. The van der Waals surface area contributed by atoms with Gasteiger partial charge in [0.1, 0.15) is 35.9 Å². The third-order valence-corrected chi connectivity index (χ3v) is 7.60. The molecule has 2 fully saturated rings. The first-order valence-corrected chi connectivity index (χ1v) is 11.6. The lowest BCUT2D eigenvalue weighted by molar-refractivity contribution is -0.384. The molecular formula is C23H25ClN4O7S. The quantitative estimate of drug-likeness (QED) is 0.208. The lowest BCUT2D eigenvalue weighted by Gasteiger charge is -2.44. The number of thioether (sulfide) groups is 1. The molecule has 0 bridgehead atoms. The van der Waals surface area contributed by atoms with Crippen molar-refractivity contribution in [3.63, 3.8) is 0 Å². The van der Waals surface area contributed by atoms with E-state index in [-0.39, 0.29) is 30.5 Å². The Morgan fingerprint density at radius 2 is 1.83 bits per heavy atom. The van der Waals surface area contributed by atoms with E-state index in [9.17, 15) is 29.6 Å². The van der Waals surface area contributed by atoms with E-state index in [4.69, 9.17) is 10.5 Å². The van der Waals surface area contributed by atoms with Gasteiger partial charge in [-0.25, -0.2) is 4.79 Å². The van der Waals surface area contributed by atoms with Gasteiger partial charge in [-0.2, -0.15) is 0 Å². The number of fused-ring (bicyclic) bond motifs is 1. The molecule has 2 saturated heterocycles. The molecule has 0 saturated carbocycles. The first-order valence-electron chi connectivity index (χ1n) is 10.7. The molecule has 2 amide bonds. The molecule has 4 N–H and O–H groups in total. The minimum atomic E-state index is -1.03. The molecule has 2 unspecified atom stereocenters. The highest BCUT2D eigenvalue weighted by Crippen LogP contribution is 2.51. The van der Waals surface area contributed by atoms with Gasteiger partial charge >= 0.3 is 5.97 Å². The fourth-order valence-corrected chi connectivity index (χ4v) is 5.77. The summed E-state index contributed by atoms with van der Waals surface area (Å²) >= 11 is 1.38. The summed E-state index contributed by atoms with van der Waals surface area (Å²) in [5.74, 6) is -1.50. The number of halogens is 1. The summed E-state index contributed by atoms with van der Waals surface area (Å²) in [5, 5.41) is 22.4. The van der Waals surface area contributed by atoms with Crippen LogP contribution in [0, 0.1) is 10.1 Å². The number of β-lactam (4-membered cyclic amide) rings is 1. The van der Waals surface area contributed by atoms with Crippen LogP contribution < -0.4 is 11.1 Å². The number of nitrogens with two attached hydrogens (primary N) is 1. The fraction of sp³-hybridized carbons (Fsp3) is 0.348.